The number of thiazole rings is 1. The summed E-state index contributed by atoms with van der Waals surface area (Å²) >= 11 is 1.42. The third kappa shape index (κ3) is 19.9. The van der Waals surface area contributed by atoms with Crippen molar-refractivity contribution in [1.82, 2.24) is 4.98 Å². The molecule has 2 aliphatic carbocycles. The number of hydrogen-bond acceptors (Lipinski definition) is 18. The van der Waals surface area contributed by atoms with Crippen LogP contribution in [0.25, 0.3) is 15.1 Å². The first-order chi connectivity index (χ1) is 40.4. The minimum absolute atomic E-state index is 0.123. The van der Waals surface area contributed by atoms with Gasteiger partial charge in [-0.15, -0.1) is 0 Å². The number of benzene rings is 4. The van der Waals surface area contributed by atoms with Crippen LogP contribution in [0.15, 0.2) is 121 Å². The summed E-state index contributed by atoms with van der Waals surface area (Å²) in [6, 6.07) is 25.8. The Hall–Kier alpha value is -8.37. The number of unbranched alkanes of at least 4 members (excludes halogenated alkanes) is 6. The van der Waals surface area contributed by atoms with Crippen molar-refractivity contribution >= 4 is 68.7 Å². The summed E-state index contributed by atoms with van der Waals surface area (Å²) in [5.74, 6) is -1.82. The molecule has 0 saturated heterocycles. The topological polar surface area (TPSA) is 209 Å². The van der Waals surface area contributed by atoms with Crippen LogP contribution in [0.2, 0.25) is 0 Å². The van der Waals surface area contributed by atoms with Crippen molar-refractivity contribution in [3.8, 4) is 34.5 Å². The van der Waals surface area contributed by atoms with Gasteiger partial charge in [0, 0.05) is 17.7 Å². The monoisotopic (exact) mass is 1150 g/mol. The number of para-hydroxylation sites is 1. The summed E-state index contributed by atoms with van der Waals surface area (Å²) in [4.78, 5) is 84.9. The largest absolute Gasteiger partial charge is 0.494 e. The Labute approximate surface area is 488 Å². The Bertz CT molecular complexity index is 3010. The molecular weight excluding hydrogens is 1080 g/mol. The van der Waals surface area contributed by atoms with E-state index in [1.54, 1.807) is 71.7 Å². The Morgan fingerprint density at radius 1 is 0.590 bits per heavy atom. The van der Waals surface area contributed by atoms with Gasteiger partial charge in [-0.25, -0.2) is 26.2 Å². The number of carbonyl (C=O) groups is 6. The van der Waals surface area contributed by atoms with Crippen molar-refractivity contribution < 1.29 is 66.7 Å². The molecule has 1 heterocycles. The lowest BCUT2D eigenvalue weighted by molar-refractivity contribution is -0.145. The quantitative estimate of drug-likeness (QED) is 0.00768. The lowest BCUT2D eigenvalue weighted by Crippen LogP contribution is -2.31. The van der Waals surface area contributed by atoms with Crippen molar-refractivity contribution in [3.63, 3.8) is 0 Å². The van der Waals surface area contributed by atoms with Gasteiger partial charge in [0.05, 0.1) is 66.5 Å². The van der Waals surface area contributed by atoms with Gasteiger partial charge in [-0.1, -0.05) is 36.6 Å². The van der Waals surface area contributed by atoms with Gasteiger partial charge in [0.25, 0.3) is 0 Å². The average molecular weight is 1150 g/mol. The fraction of sp³-hybridized carbons (Fsp3) is 0.422. The van der Waals surface area contributed by atoms with Gasteiger partial charge in [0.2, 0.25) is 11.7 Å². The van der Waals surface area contributed by atoms with Gasteiger partial charge in [-0.2, -0.15) is 5.10 Å². The summed E-state index contributed by atoms with van der Waals surface area (Å²) < 4.78 is 46.1. The third-order valence-corrected chi connectivity index (χ3v) is 15.3. The first-order valence-corrected chi connectivity index (χ1v) is 29.3. The Kier molecular flexibility index (Phi) is 24.7. The SMILES string of the molecule is [C-]#[N+]CC(C)N(/N=C\c1cc(OC(=O)C2CCC(C(=O)Oc3ccc(OCCCCCCOC(=O)C=C)cc3)CC2)ccc1OC(=O)C1CCC(C(=O)Oc2ccc(OCCCCCCOC(=O)C=C)cc2)CC1)c1nc2ccccc2s1. The molecule has 0 aliphatic heterocycles. The van der Waals surface area contributed by atoms with E-state index in [-0.39, 0.29) is 36.0 Å². The molecule has 4 aromatic carbocycles. The van der Waals surface area contributed by atoms with E-state index < -0.39 is 47.5 Å². The molecule has 83 heavy (non-hydrogen) atoms. The van der Waals surface area contributed by atoms with Gasteiger partial charge in [0.1, 0.15) is 40.5 Å². The van der Waals surface area contributed by atoms with E-state index in [1.807, 2.05) is 31.2 Å². The van der Waals surface area contributed by atoms with Crippen LogP contribution in [0.5, 0.6) is 34.5 Å². The minimum atomic E-state index is -0.500. The lowest BCUT2D eigenvalue weighted by Gasteiger charge is -2.26. The number of rotatable bonds is 31. The second kappa shape index (κ2) is 32.9. The summed E-state index contributed by atoms with van der Waals surface area (Å²) in [6.07, 6.45) is 14.0. The number of nitrogens with zero attached hydrogens (tertiary/aromatic N) is 4. The van der Waals surface area contributed by atoms with E-state index in [0.717, 1.165) is 73.7 Å². The van der Waals surface area contributed by atoms with E-state index in [0.29, 0.717) is 111 Å². The molecule has 438 valence electrons. The summed E-state index contributed by atoms with van der Waals surface area (Å²) in [7, 11) is 0. The molecule has 0 spiro atoms. The van der Waals surface area contributed by atoms with Crippen molar-refractivity contribution in [2.45, 2.75) is 116 Å². The molecule has 0 radical (unpaired) electrons. The van der Waals surface area contributed by atoms with Crippen molar-refractivity contribution in [3.05, 3.63) is 133 Å². The van der Waals surface area contributed by atoms with Crippen LogP contribution in [0.3, 0.4) is 0 Å². The highest BCUT2D eigenvalue weighted by atomic mass is 32.1. The van der Waals surface area contributed by atoms with Crippen LogP contribution in [0.1, 0.15) is 115 Å². The fourth-order valence-corrected chi connectivity index (χ4v) is 10.5. The van der Waals surface area contributed by atoms with Gasteiger partial charge in [-0.3, -0.25) is 19.2 Å². The van der Waals surface area contributed by atoms with Crippen molar-refractivity contribution in [2.75, 3.05) is 38.0 Å². The molecule has 1 aromatic heterocycles. The lowest BCUT2D eigenvalue weighted by atomic mass is 9.82. The van der Waals surface area contributed by atoms with Crippen LogP contribution in [0.4, 0.5) is 5.13 Å². The minimum Gasteiger partial charge on any atom is -0.494 e. The molecule has 7 rings (SSSR count). The number of ether oxygens (including phenoxy) is 8. The molecule has 0 N–H and O–H groups in total. The number of esters is 6. The van der Waals surface area contributed by atoms with Crippen LogP contribution in [-0.2, 0) is 38.2 Å². The van der Waals surface area contributed by atoms with E-state index in [2.05, 4.69) is 18.0 Å². The highest BCUT2D eigenvalue weighted by Gasteiger charge is 2.34. The molecular formula is C64H72N4O14S. The first-order valence-electron chi connectivity index (χ1n) is 28.5. The first kappa shape index (κ1) is 62.2. The number of hydrogen-bond donors (Lipinski definition) is 0. The summed E-state index contributed by atoms with van der Waals surface area (Å²) in [5, 5.41) is 7.03. The molecule has 19 heteroatoms. The Morgan fingerprint density at radius 2 is 1.01 bits per heavy atom. The summed E-state index contributed by atoms with van der Waals surface area (Å²) in [6.45, 7) is 18.1. The number of anilines is 1. The molecule has 1 atom stereocenters. The molecule has 5 aromatic rings. The van der Waals surface area contributed by atoms with Gasteiger partial charge in [0.15, 0.2) is 0 Å². The fourth-order valence-electron chi connectivity index (χ4n) is 9.51. The molecule has 2 fully saturated rings. The van der Waals surface area contributed by atoms with E-state index in [1.165, 1.54) is 17.6 Å². The van der Waals surface area contributed by atoms with E-state index in [9.17, 15) is 28.8 Å². The predicted molar refractivity (Wildman–Crippen MR) is 314 cm³/mol. The second-order valence-electron chi connectivity index (χ2n) is 20.4. The Balaban J connectivity index is 0.910. The zero-order valence-corrected chi connectivity index (χ0v) is 47.8. The van der Waals surface area contributed by atoms with Crippen molar-refractivity contribution in [2.24, 2.45) is 28.8 Å². The van der Waals surface area contributed by atoms with Crippen LogP contribution in [0, 0.1) is 30.2 Å². The maximum absolute atomic E-state index is 13.9. The predicted octanol–water partition coefficient (Wildman–Crippen LogP) is 12.4. The maximum Gasteiger partial charge on any atom is 0.330 e. The second-order valence-corrected chi connectivity index (χ2v) is 21.4. The standard InChI is InChI=1S/C64H72N4O14S/c1-5-58(69)77-39-15-9-7-13-37-75-50-27-31-52(32-28-50)79-60(71)45-19-21-47(22-20-45)62(73)81-54-35-36-56(49(41-54)43-66-68(44(3)42-65-4)64-67-55-17-11-12-18-57(55)83-64)82-63(74)48-25-23-46(24-26-48)61(72)80-53-33-29-51(30-34-53)76-38-14-8-10-16-40-78-59(70)6-2/h5-6,11-12,17-18,27-36,41,43-48H,1-2,7-10,13-16,19-26,37-40,42H2,3H3/b66-43-. The normalized spacial score (nSPS) is 17.0. The highest BCUT2D eigenvalue weighted by Crippen LogP contribution is 2.36. The zero-order chi connectivity index (χ0) is 58.8. The number of carbonyl (C=O) groups excluding carboxylic acids is 6. The third-order valence-electron chi connectivity index (χ3n) is 14.3. The highest BCUT2D eigenvalue weighted by molar-refractivity contribution is 7.22. The summed E-state index contributed by atoms with van der Waals surface area (Å²) in [5.41, 5.74) is 1.12. The zero-order valence-electron chi connectivity index (χ0n) is 47.0. The molecule has 18 nitrogen and oxygen atoms in total. The Morgan fingerprint density at radius 3 is 1.47 bits per heavy atom. The average Bonchev–Trinajstić information content (AvgIpc) is 4.07. The van der Waals surface area contributed by atoms with Crippen LogP contribution in [-0.4, -0.2) is 86.0 Å². The van der Waals surface area contributed by atoms with E-state index in [4.69, 9.17) is 54.6 Å². The molecule has 2 aliphatic rings. The van der Waals surface area contributed by atoms with Gasteiger partial charge >= 0.3 is 35.8 Å². The van der Waals surface area contributed by atoms with E-state index >= 15 is 0 Å². The van der Waals surface area contributed by atoms with Gasteiger partial charge < -0.3 is 42.7 Å². The molecule has 0 amide bonds. The van der Waals surface area contributed by atoms with Crippen LogP contribution >= 0.6 is 11.3 Å². The molecule has 2 saturated carbocycles. The smallest absolute Gasteiger partial charge is 0.330 e. The molecule has 1 unspecified atom stereocenters. The maximum atomic E-state index is 13.9. The van der Waals surface area contributed by atoms with Crippen LogP contribution < -0.4 is 33.4 Å². The van der Waals surface area contributed by atoms with Gasteiger partial charge in [-0.05, 0) is 189 Å². The van der Waals surface area contributed by atoms with Crippen molar-refractivity contribution in [1.29, 1.82) is 0 Å². The number of aromatic nitrogens is 1. The number of hydrazone groups is 1. The number of fused-ring (bicyclic) bond motifs is 1. The molecule has 0 bridgehead atoms.